The molecule has 0 radical (unpaired) electrons. The van der Waals surface area contributed by atoms with Gasteiger partial charge in [0, 0.05) is 34.4 Å². The van der Waals surface area contributed by atoms with Crippen molar-refractivity contribution in [2.24, 2.45) is 10.9 Å². The predicted molar refractivity (Wildman–Crippen MR) is 240 cm³/mol. The van der Waals surface area contributed by atoms with Crippen molar-refractivity contribution in [1.29, 1.82) is 0 Å². The minimum absolute atomic E-state index is 0.0112. The summed E-state index contributed by atoms with van der Waals surface area (Å²) in [6, 6.07) is 37.3. The van der Waals surface area contributed by atoms with Crippen LogP contribution in [0.2, 0.25) is 15.1 Å². The van der Waals surface area contributed by atoms with Gasteiger partial charge >= 0.3 is 0 Å². The summed E-state index contributed by atoms with van der Waals surface area (Å²) in [6.45, 7) is 18.7. The molecule has 0 fully saturated rings. The van der Waals surface area contributed by atoms with Crippen molar-refractivity contribution in [3.8, 4) is 0 Å². The molecule has 0 spiro atoms. The quantitative estimate of drug-likeness (QED) is 0.128. The highest BCUT2D eigenvalue weighted by Gasteiger charge is 2.54. The van der Waals surface area contributed by atoms with E-state index in [0.29, 0.717) is 23.2 Å². The van der Waals surface area contributed by atoms with Gasteiger partial charge in [-0.2, -0.15) is 0 Å². The van der Waals surface area contributed by atoms with Crippen LogP contribution in [0.4, 0.5) is 0 Å². The molecule has 10 heteroatoms. The lowest BCUT2D eigenvalue weighted by Gasteiger charge is -2.43. The van der Waals surface area contributed by atoms with E-state index in [9.17, 15) is 4.79 Å². The zero-order valence-corrected chi connectivity index (χ0v) is 37.5. The number of nitrogens with zero attached hydrogens (tertiary/aromatic N) is 3. The molecule has 296 valence electrons. The van der Waals surface area contributed by atoms with Crippen molar-refractivity contribution in [3.05, 3.63) is 141 Å². The number of amides is 1. The number of fused-ring (bicyclic) bond motifs is 1. The monoisotopic (exact) mass is 826 g/mol. The first-order chi connectivity index (χ1) is 26.6. The molecule has 0 aliphatic carbocycles. The Bertz CT molecular complexity index is 2000. The van der Waals surface area contributed by atoms with Crippen molar-refractivity contribution in [2.75, 3.05) is 20.2 Å². The summed E-state index contributed by atoms with van der Waals surface area (Å²) in [7, 11) is -0.731. The normalized spacial score (nSPS) is 19.1. The highest BCUT2D eigenvalue weighted by molar-refractivity contribution is 8.18. The van der Waals surface area contributed by atoms with E-state index in [2.05, 4.69) is 151 Å². The molecule has 0 unspecified atom stereocenters. The van der Waals surface area contributed by atoms with Gasteiger partial charge in [0.2, 0.25) is 0 Å². The van der Waals surface area contributed by atoms with E-state index in [1.54, 1.807) is 0 Å². The van der Waals surface area contributed by atoms with Crippen LogP contribution in [0.25, 0.3) is 0 Å². The number of amidine groups is 1. The van der Waals surface area contributed by atoms with Gasteiger partial charge in [0.1, 0.15) is 10.4 Å². The fourth-order valence-corrected chi connectivity index (χ4v) is 14.6. The highest BCUT2D eigenvalue weighted by Crippen LogP contribution is 2.56. The second kappa shape index (κ2) is 17.2. The third-order valence-corrected chi connectivity index (χ3v) is 17.9. The maximum Gasteiger partial charge on any atom is 0.262 e. The number of hydrogen-bond acceptors (Lipinski definition) is 6. The molecule has 1 N–H and O–H groups in total. The minimum Gasteiger partial charge on any atom is -0.406 e. The first kappa shape index (κ1) is 42.2. The summed E-state index contributed by atoms with van der Waals surface area (Å²) < 4.78 is 7.32. The van der Waals surface area contributed by atoms with E-state index in [4.69, 9.17) is 32.6 Å². The van der Waals surface area contributed by atoms with Crippen molar-refractivity contribution in [3.63, 3.8) is 0 Å². The molecule has 2 heterocycles. The van der Waals surface area contributed by atoms with E-state index in [1.807, 2.05) is 36.2 Å². The van der Waals surface area contributed by atoms with Crippen molar-refractivity contribution in [1.82, 2.24) is 15.1 Å². The van der Waals surface area contributed by atoms with Crippen molar-refractivity contribution < 1.29 is 9.22 Å². The third-order valence-electron chi connectivity index (χ3n) is 11.3. The van der Waals surface area contributed by atoms with Crippen LogP contribution in [0.15, 0.2) is 125 Å². The Morgan fingerprint density at radius 2 is 1.43 bits per heavy atom. The molecule has 2 aliphatic heterocycles. The summed E-state index contributed by atoms with van der Waals surface area (Å²) in [5, 5.41) is 8.12. The van der Waals surface area contributed by atoms with Crippen LogP contribution in [-0.4, -0.2) is 61.5 Å². The first-order valence-electron chi connectivity index (χ1n) is 19.7. The fraction of sp³-hybridized carbons (Fsp3) is 0.391. The molecule has 6 nitrogen and oxygen atoms in total. The number of carbonyl (C=O) groups is 1. The number of likely N-dealkylation sites (N-methyl/N-ethyl adjacent to an activating group) is 1. The average Bonchev–Trinajstić information content (AvgIpc) is 3.67. The van der Waals surface area contributed by atoms with Gasteiger partial charge in [-0.15, -0.1) is 0 Å². The minimum atomic E-state index is -2.73. The first-order valence-corrected chi connectivity index (χ1v) is 23.2. The third kappa shape index (κ3) is 8.16. The summed E-state index contributed by atoms with van der Waals surface area (Å²) >= 11 is 14.2. The number of rotatable bonds is 14. The molecule has 6 rings (SSSR count). The number of allylic oxidation sites excluding steroid dienone is 1. The lowest BCUT2D eigenvalue weighted by molar-refractivity contribution is -0.128. The smallest absolute Gasteiger partial charge is 0.262 e. The van der Waals surface area contributed by atoms with Crippen LogP contribution in [0.5, 0.6) is 0 Å². The number of thioether (sulfide) groups is 1. The molecule has 1 amide bonds. The van der Waals surface area contributed by atoms with Gasteiger partial charge in [0.05, 0.1) is 12.6 Å². The van der Waals surface area contributed by atoms with Gasteiger partial charge in [-0.3, -0.25) is 4.79 Å². The Balaban J connectivity index is 1.29. The molecule has 2 aliphatic rings. The molecule has 0 bridgehead atoms. The standard InChI is InChI=1S/C46H56Cl2N4O2SSi/c1-31(2)40-41(55-44-50-46(8,34-22-26-36(48)27-23-34)42(52(40)44)33-20-24-35(47)25-21-33)43(53)51(32(3)4)29-28-37(49-9)30-54-56(45(5,6)7,38-16-12-10-13-17-38)39-18-14-11-15-19-39/h10-27,31-32,37,42,49H,28-30H2,1-9H3/t37-,42+,46-/m0/s1. The number of aliphatic imine (C=N–C) groups is 1. The lowest BCUT2D eigenvalue weighted by Crippen LogP contribution is -2.67. The Labute approximate surface area is 349 Å². The molecule has 0 saturated carbocycles. The molecule has 4 aromatic rings. The van der Waals surface area contributed by atoms with E-state index in [1.165, 1.54) is 22.1 Å². The van der Waals surface area contributed by atoms with Gasteiger partial charge in [-0.05, 0) is 103 Å². The zero-order valence-electron chi connectivity index (χ0n) is 34.1. The molecular formula is C46H56Cl2N4O2SSi. The largest absolute Gasteiger partial charge is 0.406 e. The van der Waals surface area contributed by atoms with Gasteiger partial charge in [-0.1, -0.05) is 143 Å². The van der Waals surface area contributed by atoms with E-state index < -0.39 is 13.9 Å². The zero-order chi connectivity index (χ0) is 40.4. The number of nitrogens with one attached hydrogen (secondary N) is 1. The van der Waals surface area contributed by atoms with Crippen molar-refractivity contribution in [2.45, 2.75) is 90.5 Å². The van der Waals surface area contributed by atoms with Crippen LogP contribution in [0, 0.1) is 5.92 Å². The number of halogens is 2. The fourth-order valence-electron chi connectivity index (χ4n) is 8.38. The second-order valence-corrected chi connectivity index (χ2v) is 22.8. The van der Waals surface area contributed by atoms with Crippen LogP contribution >= 0.6 is 35.0 Å². The second-order valence-electron chi connectivity index (χ2n) is 16.7. The molecule has 56 heavy (non-hydrogen) atoms. The van der Waals surface area contributed by atoms with Crippen LogP contribution in [-0.2, 0) is 14.8 Å². The topological polar surface area (TPSA) is 57.2 Å². The van der Waals surface area contributed by atoms with Crippen LogP contribution in [0.3, 0.4) is 0 Å². The van der Waals surface area contributed by atoms with Crippen LogP contribution in [0.1, 0.15) is 79.0 Å². The van der Waals surface area contributed by atoms with Gasteiger partial charge in [-0.25, -0.2) is 4.99 Å². The number of hydrogen-bond donors (Lipinski definition) is 1. The Kier molecular flexibility index (Phi) is 13.0. The summed E-state index contributed by atoms with van der Waals surface area (Å²) in [4.78, 5) is 25.4. The highest BCUT2D eigenvalue weighted by atomic mass is 35.5. The van der Waals surface area contributed by atoms with Crippen molar-refractivity contribution >= 4 is 64.7 Å². The molecule has 0 aromatic heterocycles. The molecule has 3 atom stereocenters. The van der Waals surface area contributed by atoms with E-state index >= 15 is 0 Å². The van der Waals surface area contributed by atoms with Crippen LogP contribution < -0.4 is 15.7 Å². The Morgan fingerprint density at radius 3 is 1.91 bits per heavy atom. The SMILES string of the molecule is CN[C@@H](CCN(C(=O)C1=C(C(C)C)N2C(=N[C@@](C)(c3ccc(Cl)cc3)[C@H]2c2ccc(Cl)cc2)S1)C(C)C)CO[Si](c1ccccc1)(c1ccccc1)C(C)(C)C. The molecular weight excluding hydrogens is 772 g/mol. The van der Waals surface area contributed by atoms with Gasteiger partial charge in [0.15, 0.2) is 5.17 Å². The average molecular weight is 828 g/mol. The molecule has 0 saturated heterocycles. The van der Waals surface area contributed by atoms with Gasteiger partial charge < -0.3 is 19.5 Å². The summed E-state index contributed by atoms with van der Waals surface area (Å²) in [5.41, 5.74) is 2.51. The number of carbonyl (C=O) groups excluding carboxylic acids is 1. The Hall–Kier alpha value is -3.37. The Morgan fingerprint density at radius 1 is 0.893 bits per heavy atom. The lowest BCUT2D eigenvalue weighted by atomic mass is 9.81. The van der Waals surface area contributed by atoms with E-state index in [0.717, 1.165) is 33.3 Å². The van der Waals surface area contributed by atoms with E-state index in [-0.39, 0.29) is 35.0 Å². The maximum absolute atomic E-state index is 14.9. The maximum atomic E-state index is 14.9. The predicted octanol–water partition coefficient (Wildman–Crippen LogP) is 10.0. The van der Waals surface area contributed by atoms with Gasteiger partial charge in [0.25, 0.3) is 14.2 Å². The molecule has 4 aromatic carbocycles. The summed E-state index contributed by atoms with van der Waals surface area (Å²) in [6.07, 6.45) is 0.736. The number of benzene rings is 4. The summed E-state index contributed by atoms with van der Waals surface area (Å²) in [5.74, 6) is 0.104.